The Balaban J connectivity index is 2.34. The average molecular weight is 438 g/mol. The second-order valence-corrected chi connectivity index (χ2v) is 8.40. The Kier molecular flexibility index (Phi) is 4.43. The van der Waals surface area contributed by atoms with Crippen molar-refractivity contribution in [1.82, 2.24) is 4.90 Å². The van der Waals surface area contributed by atoms with Crippen molar-refractivity contribution in [2.24, 2.45) is 0 Å². The minimum atomic E-state index is -1.06. The summed E-state index contributed by atoms with van der Waals surface area (Å²) in [5, 5.41) is 11.3. The summed E-state index contributed by atoms with van der Waals surface area (Å²) in [5.41, 5.74) is -1.86. The molecule has 2 aliphatic rings. The summed E-state index contributed by atoms with van der Waals surface area (Å²) >= 11 is 3.30. The van der Waals surface area contributed by atoms with E-state index in [0.29, 0.717) is 10.2 Å². The minimum absolute atomic E-state index is 0.0724. The molecule has 0 saturated carbocycles. The molecule has 2 heterocycles. The van der Waals surface area contributed by atoms with Crippen LogP contribution in [0.3, 0.4) is 0 Å². The quantitative estimate of drug-likeness (QED) is 0.411. The number of nitro benzene ring substituents is 1. The van der Waals surface area contributed by atoms with Crippen molar-refractivity contribution in [2.45, 2.75) is 45.1 Å². The third-order valence-electron chi connectivity index (χ3n) is 4.80. The van der Waals surface area contributed by atoms with Gasteiger partial charge in [0.1, 0.15) is 11.8 Å². The first-order valence-electron chi connectivity index (χ1n) is 8.36. The van der Waals surface area contributed by atoms with Gasteiger partial charge in [-0.15, -0.1) is 6.58 Å². The Bertz CT molecular complexity index is 880. The average Bonchev–Trinajstić information content (AvgIpc) is 2.67. The van der Waals surface area contributed by atoms with Crippen LogP contribution in [0.15, 0.2) is 29.3 Å². The van der Waals surface area contributed by atoms with Gasteiger partial charge in [0, 0.05) is 23.2 Å². The highest BCUT2D eigenvalue weighted by molar-refractivity contribution is 9.10. The lowest BCUT2D eigenvalue weighted by molar-refractivity contribution is -0.384. The molecule has 1 aromatic rings. The van der Waals surface area contributed by atoms with Gasteiger partial charge in [-0.1, -0.05) is 6.08 Å². The van der Waals surface area contributed by atoms with Crippen LogP contribution in [0, 0.1) is 10.1 Å². The maximum atomic E-state index is 13.4. The first kappa shape index (κ1) is 19.5. The second-order valence-electron chi connectivity index (χ2n) is 7.55. The molecular weight excluding hydrogens is 418 g/mol. The fourth-order valence-electron chi connectivity index (χ4n) is 3.97. The van der Waals surface area contributed by atoms with E-state index in [9.17, 15) is 19.7 Å². The zero-order chi connectivity index (χ0) is 20.3. The largest absolute Gasteiger partial charge is 0.348 e. The van der Waals surface area contributed by atoms with Crippen LogP contribution in [0.2, 0.25) is 0 Å². The molecule has 8 nitrogen and oxygen atoms in total. The lowest BCUT2D eigenvalue weighted by Crippen LogP contribution is -2.55. The summed E-state index contributed by atoms with van der Waals surface area (Å²) < 4.78 is 6.31. The van der Waals surface area contributed by atoms with Gasteiger partial charge in [-0.05, 0) is 43.6 Å². The third kappa shape index (κ3) is 2.85. The van der Waals surface area contributed by atoms with Gasteiger partial charge in [-0.3, -0.25) is 24.6 Å². The summed E-state index contributed by atoms with van der Waals surface area (Å²) in [7, 11) is 0. The molecule has 0 N–H and O–H groups in total. The predicted molar refractivity (Wildman–Crippen MR) is 103 cm³/mol. The number of rotatable bonds is 3. The Morgan fingerprint density at radius 1 is 1.33 bits per heavy atom. The van der Waals surface area contributed by atoms with Gasteiger partial charge in [0.2, 0.25) is 0 Å². The van der Waals surface area contributed by atoms with E-state index in [0.717, 1.165) is 0 Å². The number of nitro groups is 1. The van der Waals surface area contributed by atoms with E-state index in [4.69, 9.17) is 4.74 Å². The number of hydrogen-bond acceptors (Lipinski definition) is 5. The number of halogens is 1. The van der Waals surface area contributed by atoms with Crippen molar-refractivity contribution >= 4 is 39.1 Å². The van der Waals surface area contributed by atoms with Crippen molar-refractivity contribution in [3.63, 3.8) is 0 Å². The zero-order valence-electron chi connectivity index (χ0n) is 15.5. The summed E-state index contributed by atoms with van der Waals surface area (Å²) in [6.07, 6.45) is 1.55. The molecule has 1 fully saturated rings. The molecule has 0 bridgehead atoms. The van der Waals surface area contributed by atoms with E-state index in [1.807, 2.05) is 0 Å². The summed E-state index contributed by atoms with van der Waals surface area (Å²) in [5.74, 6) is -0.818. The highest BCUT2D eigenvalue weighted by Gasteiger charge is 2.60. The fraction of sp³-hybridized carbons (Fsp3) is 0.444. The van der Waals surface area contributed by atoms with Gasteiger partial charge >= 0.3 is 0 Å². The maximum absolute atomic E-state index is 13.4. The summed E-state index contributed by atoms with van der Waals surface area (Å²) in [4.78, 5) is 40.4. The van der Waals surface area contributed by atoms with Gasteiger partial charge in [-0.25, -0.2) is 0 Å². The highest BCUT2D eigenvalue weighted by atomic mass is 79.9. The van der Waals surface area contributed by atoms with Gasteiger partial charge in [-0.2, -0.15) is 0 Å². The number of hydrogen-bond donors (Lipinski definition) is 0. The maximum Gasteiger partial charge on any atom is 0.271 e. The number of carbonyl (C=O) groups excluding carboxylic acids is 2. The number of benzene rings is 1. The molecule has 1 atom stereocenters. The van der Waals surface area contributed by atoms with Gasteiger partial charge in [0.05, 0.1) is 21.8 Å². The molecule has 1 saturated heterocycles. The number of anilines is 1. The predicted octanol–water partition coefficient (Wildman–Crippen LogP) is 3.25. The van der Waals surface area contributed by atoms with Crippen LogP contribution in [0.5, 0.6) is 0 Å². The minimum Gasteiger partial charge on any atom is -0.348 e. The zero-order valence-corrected chi connectivity index (χ0v) is 17.1. The molecule has 0 aliphatic carbocycles. The van der Waals surface area contributed by atoms with Crippen LogP contribution in [-0.4, -0.2) is 45.6 Å². The van der Waals surface area contributed by atoms with Crippen LogP contribution >= 0.6 is 15.9 Å². The van der Waals surface area contributed by atoms with Gasteiger partial charge < -0.3 is 9.64 Å². The molecule has 0 spiro atoms. The van der Waals surface area contributed by atoms with E-state index >= 15 is 0 Å². The lowest BCUT2D eigenvalue weighted by atomic mass is 9.97. The number of non-ortho nitro benzene ring substituents is 1. The Morgan fingerprint density at radius 2 is 1.96 bits per heavy atom. The normalized spacial score (nSPS) is 22.9. The molecule has 2 amide bonds. The number of amides is 2. The summed E-state index contributed by atoms with van der Waals surface area (Å²) in [6, 6.07) is 1.62. The summed E-state index contributed by atoms with van der Waals surface area (Å²) in [6.45, 7) is 10.8. The molecule has 0 radical (unpaired) electrons. The standard InChI is InChI=1S/C18H20BrN3O5/c1-6-7-20-13-11(8-10(22(25)26)9-12(13)19)15(23)21-14(16(20)24)17(2,3)27-18(21,4)5/h6,8-9,14H,1,7H2,2-5H3. The van der Waals surface area contributed by atoms with Crippen LogP contribution in [0.4, 0.5) is 11.4 Å². The molecule has 2 aliphatic heterocycles. The Hall–Kier alpha value is -2.26. The number of fused-ring (bicyclic) bond motifs is 2. The van der Waals surface area contributed by atoms with Crippen LogP contribution in [-0.2, 0) is 9.53 Å². The van der Waals surface area contributed by atoms with Crippen LogP contribution in [0.1, 0.15) is 38.1 Å². The van der Waals surface area contributed by atoms with Gasteiger partial charge in [0.15, 0.2) is 0 Å². The van der Waals surface area contributed by atoms with Crippen molar-refractivity contribution in [3.8, 4) is 0 Å². The molecule has 0 aromatic heterocycles. The van der Waals surface area contributed by atoms with Gasteiger partial charge in [0.25, 0.3) is 17.5 Å². The topological polar surface area (TPSA) is 93.0 Å². The molecule has 3 rings (SSSR count). The van der Waals surface area contributed by atoms with E-state index in [1.165, 1.54) is 21.9 Å². The van der Waals surface area contributed by atoms with E-state index in [2.05, 4.69) is 22.5 Å². The van der Waals surface area contributed by atoms with Crippen molar-refractivity contribution in [1.29, 1.82) is 0 Å². The molecule has 1 unspecified atom stereocenters. The molecule has 9 heteroatoms. The van der Waals surface area contributed by atoms with E-state index in [-0.39, 0.29) is 23.7 Å². The third-order valence-corrected chi connectivity index (χ3v) is 5.40. The number of carbonyl (C=O) groups is 2. The smallest absolute Gasteiger partial charge is 0.271 e. The first-order chi connectivity index (χ1) is 12.4. The monoisotopic (exact) mass is 437 g/mol. The van der Waals surface area contributed by atoms with Crippen molar-refractivity contribution in [3.05, 3.63) is 44.9 Å². The van der Waals surface area contributed by atoms with E-state index < -0.39 is 28.2 Å². The molecule has 27 heavy (non-hydrogen) atoms. The lowest BCUT2D eigenvalue weighted by Gasteiger charge is -2.32. The number of ether oxygens (including phenoxy) is 1. The van der Waals surface area contributed by atoms with Crippen molar-refractivity contribution in [2.75, 3.05) is 11.4 Å². The molecule has 144 valence electrons. The Labute approximate surface area is 165 Å². The second kappa shape index (κ2) is 6.13. The highest BCUT2D eigenvalue weighted by Crippen LogP contribution is 2.46. The Morgan fingerprint density at radius 3 is 2.52 bits per heavy atom. The fourth-order valence-corrected chi connectivity index (χ4v) is 4.63. The van der Waals surface area contributed by atoms with Crippen LogP contribution < -0.4 is 4.90 Å². The SMILES string of the molecule is C=CCN1C(=O)C2N(C(=O)c3cc([N+](=O)[O-])cc(Br)c31)C(C)(C)OC2(C)C. The van der Waals surface area contributed by atoms with E-state index in [1.54, 1.807) is 33.8 Å². The van der Waals surface area contributed by atoms with Crippen LogP contribution in [0.25, 0.3) is 0 Å². The molecule has 1 aromatic carbocycles. The number of nitrogens with zero attached hydrogens (tertiary/aromatic N) is 3. The first-order valence-corrected chi connectivity index (χ1v) is 9.15. The molecular formula is C18H20BrN3O5. The van der Waals surface area contributed by atoms with Crippen molar-refractivity contribution < 1.29 is 19.2 Å².